The Morgan fingerprint density at radius 2 is 2.27 bits per heavy atom. The first kappa shape index (κ1) is 11.4. The molecular weight excluding hydrogens is 188 g/mol. The second kappa shape index (κ2) is 5.28. The van der Waals surface area contributed by atoms with Crippen LogP contribution < -0.4 is 5.32 Å². The van der Waals surface area contributed by atoms with E-state index in [0.717, 1.165) is 19.1 Å². The van der Waals surface area contributed by atoms with Gasteiger partial charge in [-0.3, -0.25) is 4.90 Å². The molecule has 88 valence electrons. The summed E-state index contributed by atoms with van der Waals surface area (Å²) in [6.07, 6.45) is 3.97. The lowest BCUT2D eigenvalue weighted by molar-refractivity contribution is 0.0931. The molecule has 1 N–H and O–H groups in total. The third-order valence-corrected chi connectivity index (χ3v) is 4.07. The quantitative estimate of drug-likeness (QED) is 0.758. The Bertz CT molecular complexity index is 192. The summed E-state index contributed by atoms with van der Waals surface area (Å²) in [7, 11) is 2.07. The maximum atomic E-state index is 5.48. The molecule has 2 rings (SSSR count). The van der Waals surface area contributed by atoms with E-state index in [-0.39, 0.29) is 0 Å². The molecule has 3 heteroatoms. The number of hydrogen-bond acceptors (Lipinski definition) is 3. The molecule has 2 saturated heterocycles. The van der Waals surface area contributed by atoms with Crippen LogP contribution in [0.15, 0.2) is 0 Å². The molecule has 0 aromatic rings. The maximum Gasteiger partial charge on any atom is 0.0622 e. The van der Waals surface area contributed by atoms with E-state index in [1.165, 1.54) is 32.4 Å². The van der Waals surface area contributed by atoms with Crippen molar-refractivity contribution in [1.82, 2.24) is 10.2 Å². The monoisotopic (exact) mass is 212 g/mol. The van der Waals surface area contributed by atoms with Crippen LogP contribution in [-0.4, -0.2) is 50.3 Å². The number of nitrogens with zero attached hydrogens (tertiary/aromatic N) is 1. The molecule has 0 aromatic carbocycles. The van der Waals surface area contributed by atoms with Crippen molar-refractivity contribution in [3.63, 3.8) is 0 Å². The largest absolute Gasteiger partial charge is 0.380 e. The average Bonchev–Trinajstić information content (AvgIpc) is 2.82. The van der Waals surface area contributed by atoms with E-state index < -0.39 is 0 Å². The molecule has 0 spiro atoms. The molecule has 2 aliphatic heterocycles. The first-order valence-electron chi connectivity index (χ1n) is 6.30. The van der Waals surface area contributed by atoms with Gasteiger partial charge in [0.15, 0.2) is 0 Å². The van der Waals surface area contributed by atoms with E-state index in [1.807, 2.05) is 0 Å². The van der Waals surface area contributed by atoms with E-state index in [0.29, 0.717) is 12.1 Å². The van der Waals surface area contributed by atoms with Crippen LogP contribution in [0.5, 0.6) is 0 Å². The van der Waals surface area contributed by atoms with Gasteiger partial charge in [0.1, 0.15) is 0 Å². The van der Waals surface area contributed by atoms with Crippen molar-refractivity contribution in [3.8, 4) is 0 Å². The molecule has 0 bridgehead atoms. The SMILES string of the molecule is CNC(C)C1CCCN(C2CCOC2)C1. The molecule has 0 amide bonds. The summed E-state index contributed by atoms with van der Waals surface area (Å²) in [4.78, 5) is 2.65. The van der Waals surface area contributed by atoms with Gasteiger partial charge in [0.2, 0.25) is 0 Å². The van der Waals surface area contributed by atoms with E-state index in [4.69, 9.17) is 4.74 Å². The predicted molar refractivity (Wildman–Crippen MR) is 62.0 cm³/mol. The predicted octanol–water partition coefficient (Wildman–Crippen LogP) is 1.10. The van der Waals surface area contributed by atoms with Gasteiger partial charge in [-0.1, -0.05) is 0 Å². The first-order chi connectivity index (χ1) is 7.31. The fraction of sp³-hybridized carbons (Fsp3) is 1.00. The second-order valence-electron chi connectivity index (χ2n) is 4.99. The van der Waals surface area contributed by atoms with Crippen molar-refractivity contribution in [3.05, 3.63) is 0 Å². The summed E-state index contributed by atoms with van der Waals surface area (Å²) in [6, 6.07) is 1.35. The molecule has 15 heavy (non-hydrogen) atoms. The summed E-state index contributed by atoms with van der Waals surface area (Å²) >= 11 is 0. The first-order valence-corrected chi connectivity index (χ1v) is 6.30. The van der Waals surface area contributed by atoms with E-state index in [9.17, 15) is 0 Å². The minimum atomic E-state index is 0.648. The van der Waals surface area contributed by atoms with Gasteiger partial charge in [0.25, 0.3) is 0 Å². The maximum absolute atomic E-state index is 5.48. The number of hydrogen-bond donors (Lipinski definition) is 1. The number of ether oxygens (including phenoxy) is 1. The minimum absolute atomic E-state index is 0.648. The van der Waals surface area contributed by atoms with Crippen molar-refractivity contribution in [2.24, 2.45) is 5.92 Å². The molecule has 0 aromatic heterocycles. The average molecular weight is 212 g/mol. The lowest BCUT2D eigenvalue weighted by Crippen LogP contribution is -2.47. The highest BCUT2D eigenvalue weighted by Gasteiger charge is 2.30. The van der Waals surface area contributed by atoms with Crippen molar-refractivity contribution in [2.45, 2.75) is 38.3 Å². The summed E-state index contributed by atoms with van der Waals surface area (Å²) in [5.74, 6) is 0.823. The zero-order valence-corrected chi connectivity index (χ0v) is 10.0. The van der Waals surface area contributed by atoms with Gasteiger partial charge in [-0.25, -0.2) is 0 Å². The van der Waals surface area contributed by atoms with Gasteiger partial charge in [0, 0.05) is 25.2 Å². The molecule has 3 atom stereocenters. The Balaban J connectivity index is 1.86. The van der Waals surface area contributed by atoms with Crippen LogP contribution in [0.25, 0.3) is 0 Å². The smallest absolute Gasteiger partial charge is 0.0622 e. The fourth-order valence-corrected chi connectivity index (χ4v) is 2.83. The molecule has 0 saturated carbocycles. The normalized spacial score (nSPS) is 35.6. The molecule has 2 aliphatic rings. The highest BCUT2D eigenvalue weighted by molar-refractivity contribution is 4.84. The molecule has 0 aliphatic carbocycles. The Kier molecular flexibility index (Phi) is 4.00. The standard InChI is InChI=1S/C12H24N2O/c1-10(13-2)11-4-3-6-14(8-11)12-5-7-15-9-12/h10-13H,3-9H2,1-2H3. The zero-order chi connectivity index (χ0) is 10.7. The third kappa shape index (κ3) is 2.71. The van der Waals surface area contributed by atoms with Crippen LogP contribution in [0.1, 0.15) is 26.2 Å². The topological polar surface area (TPSA) is 24.5 Å². The van der Waals surface area contributed by atoms with Crippen molar-refractivity contribution in [1.29, 1.82) is 0 Å². The van der Waals surface area contributed by atoms with Gasteiger partial charge >= 0.3 is 0 Å². The Morgan fingerprint density at radius 1 is 1.40 bits per heavy atom. The van der Waals surface area contributed by atoms with Crippen LogP contribution in [0.3, 0.4) is 0 Å². The van der Waals surface area contributed by atoms with Crippen LogP contribution in [0.2, 0.25) is 0 Å². The van der Waals surface area contributed by atoms with Crippen LogP contribution in [0.4, 0.5) is 0 Å². The summed E-state index contributed by atoms with van der Waals surface area (Å²) < 4.78 is 5.48. The number of piperidine rings is 1. The lowest BCUT2D eigenvalue weighted by atomic mass is 9.90. The summed E-state index contributed by atoms with van der Waals surface area (Å²) in [5.41, 5.74) is 0. The molecule has 2 fully saturated rings. The van der Waals surface area contributed by atoms with E-state index in [1.54, 1.807) is 0 Å². The number of likely N-dealkylation sites (tertiary alicyclic amines) is 1. The Labute approximate surface area is 93.2 Å². The zero-order valence-electron chi connectivity index (χ0n) is 10.0. The van der Waals surface area contributed by atoms with Gasteiger partial charge < -0.3 is 10.1 Å². The van der Waals surface area contributed by atoms with Crippen molar-refractivity contribution < 1.29 is 4.74 Å². The highest BCUT2D eigenvalue weighted by atomic mass is 16.5. The van der Waals surface area contributed by atoms with E-state index in [2.05, 4.69) is 24.2 Å². The Morgan fingerprint density at radius 3 is 2.93 bits per heavy atom. The molecule has 2 heterocycles. The number of nitrogens with one attached hydrogen (secondary N) is 1. The fourth-order valence-electron chi connectivity index (χ4n) is 2.83. The van der Waals surface area contributed by atoms with Crippen LogP contribution in [0, 0.1) is 5.92 Å². The van der Waals surface area contributed by atoms with Crippen LogP contribution in [-0.2, 0) is 4.74 Å². The Hall–Kier alpha value is -0.120. The van der Waals surface area contributed by atoms with Crippen molar-refractivity contribution >= 4 is 0 Å². The third-order valence-electron chi connectivity index (χ3n) is 4.07. The highest BCUT2D eigenvalue weighted by Crippen LogP contribution is 2.24. The summed E-state index contributed by atoms with van der Waals surface area (Å²) in [6.45, 7) is 6.77. The van der Waals surface area contributed by atoms with Gasteiger partial charge in [-0.05, 0) is 45.7 Å². The van der Waals surface area contributed by atoms with Crippen molar-refractivity contribution in [2.75, 3.05) is 33.4 Å². The van der Waals surface area contributed by atoms with Gasteiger partial charge in [-0.15, -0.1) is 0 Å². The molecule has 3 unspecified atom stereocenters. The molecule has 0 radical (unpaired) electrons. The van der Waals surface area contributed by atoms with E-state index >= 15 is 0 Å². The number of rotatable bonds is 3. The minimum Gasteiger partial charge on any atom is -0.380 e. The summed E-state index contributed by atoms with van der Waals surface area (Å²) in [5, 5.41) is 3.39. The lowest BCUT2D eigenvalue weighted by Gasteiger charge is -2.38. The second-order valence-corrected chi connectivity index (χ2v) is 4.99. The molecular formula is C12H24N2O. The van der Waals surface area contributed by atoms with Gasteiger partial charge in [-0.2, -0.15) is 0 Å². The van der Waals surface area contributed by atoms with Gasteiger partial charge in [0.05, 0.1) is 6.61 Å². The van der Waals surface area contributed by atoms with Crippen LogP contribution >= 0.6 is 0 Å². The molecule has 3 nitrogen and oxygen atoms in total.